The van der Waals surface area contributed by atoms with E-state index in [1.165, 1.54) is 12.2 Å². The van der Waals surface area contributed by atoms with Crippen LogP contribution in [0.4, 0.5) is 13.2 Å². The molecule has 1 saturated carbocycles. The van der Waals surface area contributed by atoms with E-state index in [0.717, 1.165) is 6.08 Å². The van der Waals surface area contributed by atoms with Crippen molar-refractivity contribution in [2.45, 2.75) is 82.3 Å². The van der Waals surface area contributed by atoms with Crippen molar-refractivity contribution >= 4 is 5.97 Å². The second kappa shape index (κ2) is 9.78. The molecule has 0 bridgehead atoms. The number of halogens is 3. The van der Waals surface area contributed by atoms with Crippen LogP contribution in [0.15, 0.2) is 24.0 Å². The summed E-state index contributed by atoms with van der Waals surface area (Å²) in [5.41, 5.74) is 0. The van der Waals surface area contributed by atoms with Gasteiger partial charge in [0.25, 0.3) is 5.92 Å². The maximum atomic E-state index is 14.8. The van der Waals surface area contributed by atoms with E-state index < -0.39 is 54.6 Å². The van der Waals surface area contributed by atoms with E-state index in [0.29, 0.717) is 19.3 Å². The first-order chi connectivity index (χ1) is 13.2. The highest BCUT2D eigenvalue weighted by atomic mass is 19.3. The Labute approximate surface area is 162 Å². The monoisotopic (exact) mass is 406 g/mol. The Balaban J connectivity index is 2.00. The quantitative estimate of drug-likeness (QED) is 0.381. The fourth-order valence-corrected chi connectivity index (χ4v) is 3.85. The third kappa shape index (κ3) is 5.50. The van der Waals surface area contributed by atoms with Gasteiger partial charge in [-0.15, -0.1) is 0 Å². The van der Waals surface area contributed by atoms with Crippen molar-refractivity contribution in [1.29, 1.82) is 0 Å². The van der Waals surface area contributed by atoms with Crippen molar-refractivity contribution in [3.05, 3.63) is 24.0 Å². The summed E-state index contributed by atoms with van der Waals surface area (Å²) in [4.78, 5) is 10.5. The Hall–Kier alpha value is -1.54. The largest absolute Gasteiger partial charge is 0.491 e. The average Bonchev–Trinajstić information content (AvgIpc) is 3.09. The molecule has 0 amide bonds. The van der Waals surface area contributed by atoms with Crippen LogP contribution in [0.5, 0.6) is 0 Å². The molecule has 8 heteroatoms. The lowest BCUT2D eigenvalue weighted by atomic mass is 9.89. The summed E-state index contributed by atoms with van der Waals surface area (Å²) in [6.45, 7) is 1.78. The number of aliphatic carboxylic acids is 1. The van der Waals surface area contributed by atoms with Crippen molar-refractivity contribution in [2.75, 3.05) is 0 Å². The molecule has 0 spiro atoms. The molecule has 0 aromatic rings. The predicted molar refractivity (Wildman–Crippen MR) is 96.6 cm³/mol. The topological polar surface area (TPSA) is 87.0 Å². The van der Waals surface area contributed by atoms with Gasteiger partial charge in [0.05, 0.1) is 6.10 Å². The van der Waals surface area contributed by atoms with E-state index in [1.54, 1.807) is 6.92 Å². The average molecular weight is 406 g/mol. The standard InChI is InChI=1S/C20H29F3O5/c1-2-3-10-20(22,23)16(25)9-8-12-13(24)11-15-18(12)19(21)14(28-15)6-4-5-7-17(26)27/h6,8-9,12-13,15-16,18-19,24-25H,2-5,7,10-11H2,1H3,(H,26,27)/b9-8+,14-6-/t12-,13+,15-,16+,18+,19?/m0/s1. The summed E-state index contributed by atoms with van der Waals surface area (Å²) in [6, 6.07) is 0. The number of carbonyl (C=O) groups is 1. The number of hydrogen-bond donors (Lipinski definition) is 3. The number of carboxylic acid groups (broad SMARTS) is 1. The highest BCUT2D eigenvalue weighted by molar-refractivity contribution is 5.66. The Kier molecular flexibility index (Phi) is 7.95. The molecule has 6 atom stereocenters. The van der Waals surface area contributed by atoms with Gasteiger partial charge in [-0.25, -0.2) is 13.2 Å². The second-order valence-corrected chi connectivity index (χ2v) is 7.60. The maximum absolute atomic E-state index is 14.8. The number of fused-ring (bicyclic) bond motifs is 1. The minimum atomic E-state index is -3.27. The lowest BCUT2D eigenvalue weighted by Gasteiger charge is -2.22. The number of ether oxygens (including phenoxy) is 1. The number of carboxylic acids is 1. The number of allylic oxidation sites excluding steroid dienone is 2. The van der Waals surface area contributed by atoms with Gasteiger partial charge >= 0.3 is 5.97 Å². The molecule has 1 unspecified atom stereocenters. The van der Waals surface area contributed by atoms with Gasteiger partial charge in [-0.2, -0.15) is 0 Å². The van der Waals surface area contributed by atoms with Crippen LogP contribution in [0.3, 0.4) is 0 Å². The second-order valence-electron chi connectivity index (χ2n) is 7.60. The van der Waals surface area contributed by atoms with Crippen molar-refractivity contribution in [3.63, 3.8) is 0 Å². The van der Waals surface area contributed by atoms with E-state index in [-0.39, 0.29) is 25.0 Å². The van der Waals surface area contributed by atoms with Gasteiger partial charge in [-0.05, 0) is 25.3 Å². The van der Waals surface area contributed by atoms with Crippen molar-refractivity contribution in [1.82, 2.24) is 0 Å². The summed E-state index contributed by atoms with van der Waals surface area (Å²) in [5.74, 6) is -5.54. The smallest absolute Gasteiger partial charge is 0.303 e. The number of aliphatic hydroxyl groups excluding tert-OH is 2. The van der Waals surface area contributed by atoms with Gasteiger partial charge in [-0.3, -0.25) is 4.79 Å². The summed E-state index contributed by atoms with van der Waals surface area (Å²) < 4.78 is 48.2. The van der Waals surface area contributed by atoms with Crippen LogP contribution in [-0.4, -0.2) is 51.7 Å². The van der Waals surface area contributed by atoms with Crippen molar-refractivity contribution < 1.29 is 38.0 Å². The first-order valence-corrected chi connectivity index (χ1v) is 9.82. The molecular formula is C20H29F3O5. The van der Waals surface area contributed by atoms with Gasteiger partial charge in [0.15, 0.2) is 6.17 Å². The minimum Gasteiger partial charge on any atom is -0.491 e. The third-order valence-electron chi connectivity index (χ3n) is 5.44. The van der Waals surface area contributed by atoms with Crippen LogP contribution in [0.2, 0.25) is 0 Å². The number of hydrogen-bond acceptors (Lipinski definition) is 4. The lowest BCUT2D eigenvalue weighted by molar-refractivity contribution is -0.137. The molecule has 1 aliphatic heterocycles. The van der Waals surface area contributed by atoms with Crippen molar-refractivity contribution in [2.24, 2.45) is 11.8 Å². The molecule has 2 aliphatic rings. The van der Waals surface area contributed by atoms with Gasteiger partial charge in [-0.1, -0.05) is 25.5 Å². The highest BCUT2D eigenvalue weighted by Crippen LogP contribution is 2.47. The molecule has 0 aromatic carbocycles. The fraction of sp³-hybridized carbons (Fsp3) is 0.750. The Morgan fingerprint density at radius 2 is 2.11 bits per heavy atom. The van der Waals surface area contributed by atoms with Crippen LogP contribution in [0.1, 0.15) is 51.9 Å². The van der Waals surface area contributed by atoms with E-state index >= 15 is 0 Å². The molecule has 1 aliphatic carbocycles. The molecule has 3 N–H and O–H groups in total. The summed E-state index contributed by atoms with van der Waals surface area (Å²) >= 11 is 0. The summed E-state index contributed by atoms with van der Waals surface area (Å²) in [6.07, 6.45) is 0.0488. The lowest BCUT2D eigenvalue weighted by Crippen LogP contribution is -2.32. The molecular weight excluding hydrogens is 377 g/mol. The Morgan fingerprint density at radius 1 is 1.39 bits per heavy atom. The van der Waals surface area contributed by atoms with Crippen LogP contribution in [0.25, 0.3) is 0 Å². The first kappa shape index (κ1) is 22.7. The molecule has 0 aromatic heterocycles. The number of aliphatic hydroxyl groups is 2. The van der Waals surface area contributed by atoms with E-state index in [1.807, 2.05) is 0 Å². The number of unbranched alkanes of at least 4 members (excludes halogenated alkanes) is 2. The van der Waals surface area contributed by atoms with Gasteiger partial charge in [0.1, 0.15) is 18.0 Å². The Bertz CT molecular complexity index is 592. The zero-order valence-electron chi connectivity index (χ0n) is 15.9. The van der Waals surface area contributed by atoms with E-state index in [2.05, 4.69) is 0 Å². The van der Waals surface area contributed by atoms with Crippen LogP contribution < -0.4 is 0 Å². The van der Waals surface area contributed by atoms with Gasteiger partial charge in [0, 0.05) is 31.1 Å². The van der Waals surface area contributed by atoms with Gasteiger partial charge < -0.3 is 20.1 Å². The fourth-order valence-electron chi connectivity index (χ4n) is 3.85. The van der Waals surface area contributed by atoms with E-state index in [9.17, 15) is 28.2 Å². The molecule has 0 radical (unpaired) electrons. The molecule has 28 heavy (non-hydrogen) atoms. The molecule has 160 valence electrons. The normalized spacial score (nSPS) is 32.6. The molecule has 1 saturated heterocycles. The number of rotatable bonds is 10. The Morgan fingerprint density at radius 3 is 2.75 bits per heavy atom. The molecule has 2 fully saturated rings. The van der Waals surface area contributed by atoms with E-state index in [4.69, 9.17) is 9.84 Å². The molecule has 1 heterocycles. The third-order valence-corrected chi connectivity index (χ3v) is 5.44. The first-order valence-electron chi connectivity index (χ1n) is 9.82. The number of alkyl halides is 3. The zero-order valence-corrected chi connectivity index (χ0v) is 15.9. The van der Waals surface area contributed by atoms with Crippen LogP contribution >= 0.6 is 0 Å². The highest BCUT2D eigenvalue weighted by Gasteiger charge is 2.53. The SMILES string of the molecule is CCCCC(F)(F)[C@H](O)/C=C/[C@@H]1[C@H]2C(F)/C(=C/CCCC(=O)O)O[C@H]2C[C@H]1O. The van der Waals surface area contributed by atoms with Gasteiger partial charge in [0.2, 0.25) is 0 Å². The molecule has 5 nitrogen and oxygen atoms in total. The molecule has 2 rings (SSSR count). The summed E-state index contributed by atoms with van der Waals surface area (Å²) in [7, 11) is 0. The van der Waals surface area contributed by atoms with Crippen LogP contribution in [-0.2, 0) is 9.53 Å². The van der Waals surface area contributed by atoms with Crippen LogP contribution in [0, 0.1) is 11.8 Å². The summed E-state index contributed by atoms with van der Waals surface area (Å²) in [5, 5.41) is 28.6. The zero-order chi connectivity index (χ0) is 20.9. The maximum Gasteiger partial charge on any atom is 0.303 e. The van der Waals surface area contributed by atoms with Crippen molar-refractivity contribution in [3.8, 4) is 0 Å². The predicted octanol–water partition coefficient (Wildman–Crippen LogP) is 3.60. The minimum absolute atomic E-state index is 0.0260.